The molecule has 1 amide bonds. The number of hydrogen-bond acceptors (Lipinski definition) is 7. The standard InChI is InChI=1S/C17H18N2O7/c1-4-24-12-7-6-11(9-13(12)25-5-2)17(21)26-14-8-10(3)18-16(20)15(14)19(22)23/h6-9,15H,4-5H2,1-3H3. The predicted molar refractivity (Wildman–Crippen MR) is 91.2 cm³/mol. The molecule has 1 atom stereocenters. The van der Waals surface area contributed by atoms with Gasteiger partial charge in [0.15, 0.2) is 17.3 Å². The third-order valence-electron chi connectivity index (χ3n) is 3.34. The van der Waals surface area contributed by atoms with Crippen LogP contribution in [-0.4, -0.2) is 41.8 Å². The van der Waals surface area contributed by atoms with Gasteiger partial charge in [0.2, 0.25) is 0 Å². The molecule has 1 heterocycles. The molecule has 1 aromatic rings. The Bertz CT molecular complexity index is 798. The molecule has 1 aliphatic heterocycles. The lowest BCUT2D eigenvalue weighted by atomic mass is 10.1. The minimum atomic E-state index is -1.84. The fourth-order valence-corrected chi connectivity index (χ4v) is 2.30. The number of aliphatic imine (C=N–C) groups is 1. The van der Waals surface area contributed by atoms with Crippen molar-refractivity contribution < 1.29 is 28.7 Å². The Morgan fingerprint density at radius 3 is 2.50 bits per heavy atom. The smallest absolute Gasteiger partial charge is 0.348 e. The van der Waals surface area contributed by atoms with Crippen LogP contribution in [0.15, 0.2) is 35.0 Å². The van der Waals surface area contributed by atoms with Gasteiger partial charge in [-0.25, -0.2) is 9.79 Å². The fourth-order valence-electron chi connectivity index (χ4n) is 2.30. The molecule has 0 saturated heterocycles. The zero-order chi connectivity index (χ0) is 19.3. The molecule has 2 rings (SSSR count). The number of ether oxygens (including phenoxy) is 3. The summed E-state index contributed by atoms with van der Waals surface area (Å²) in [6.45, 7) is 5.85. The van der Waals surface area contributed by atoms with Crippen LogP contribution in [0.1, 0.15) is 31.1 Å². The van der Waals surface area contributed by atoms with E-state index >= 15 is 0 Å². The number of hydrogen-bond donors (Lipinski definition) is 0. The van der Waals surface area contributed by atoms with Crippen LogP contribution in [-0.2, 0) is 9.53 Å². The van der Waals surface area contributed by atoms with Crippen LogP contribution in [0.4, 0.5) is 0 Å². The first-order valence-corrected chi connectivity index (χ1v) is 7.93. The molecule has 138 valence electrons. The lowest BCUT2D eigenvalue weighted by Crippen LogP contribution is -2.35. The summed E-state index contributed by atoms with van der Waals surface area (Å²) in [7, 11) is 0. The second-order valence-corrected chi connectivity index (χ2v) is 5.24. The van der Waals surface area contributed by atoms with E-state index in [9.17, 15) is 19.7 Å². The van der Waals surface area contributed by atoms with Gasteiger partial charge in [0.25, 0.3) is 0 Å². The van der Waals surface area contributed by atoms with Crippen molar-refractivity contribution in [1.82, 2.24) is 0 Å². The average Bonchev–Trinajstić information content (AvgIpc) is 2.55. The Labute approximate surface area is 149 Å². The molecule has 9 nitrogen and oxygen atoms in total. The van der Waals surface area contributed by atoms with Crippen molar-refractivity contribution in [3.63, 3.8) is 0 Å². The second kappa shape index (κ2) is 8.24. The van der Waals surface area contributed by atoms with E-state index in [1.54, 1.807) is 13.0 Å². The minimum absolute atomic E-state index is 0.104. The first-order valence-electron chi connectivity index (χ1n) is 7.93. The van der Waals surface area contributed by atoms with Crippen molar-refractivity contribution in [1.29, 1.82) is 0 Å². The zero-order valence-electron chi connectivity index (χ0n) is 14.6. The highest BCUT2D eigenvalue weighted by molar-refractivity contribution is 6.07. The number of amides is 1. The maximum absolute atomic E-state index is 12.4. The molecule has 0 spiro atoms. The Hall–Kier alpha value is -3.23. The topological polar surface area (TPSA) is 117 Å². The van der Waals surface area contributed by atoms with E-state index in [4.69, 9.17) is 14.2 Å². The van der Waals surface area contributed by atoms with E-state index < -0.39 is 22.8 Å². The summed E-state index contributed by atoms with van der Waals surface area (Å²) in [6.07, 6.45) is 1.20. The summed E-state index contributed by atoms with van der Waals surface area (Å²) in [6, 6.07) is 2.58. The predicted octanol–water partition coefficient (Wildman–Crippen LogP) is 2.17. The van der Waals surface area contributed by atoms with Gasteiger partial charge in [0.1, 0.15) is 0 Å². The van der Waals surface area contributed by atoms with E-state index in [1.807, 2.05) is 6.92 Å². The van der Waals surface area contributed by atoms with Gasteiger partial charge in [-0.3, -0.25) is 14.9 Å². The molecule has 26 heavy (non-hydrogen) atoms. The summed E-state index contributed by atoms with van der Waals surface area (Å²) in [4.78, 5) is 37.9. The van der Waals surface area contributed by atoms with Gasteiger partial charge >= 0.3 is 17.9 Å². The lowest BCUT2D eigenvalue weighted by Gasteiger charge is -2.15. The normalized spacial score (nSPS) is 16.4. The summed E-state index contributed by atoms with van der Waals surface area (Å²) in [5, 5.41) is 11.1. The number of nitro groups is 1. The van der Waals surface area contributed by atoms with Crippen LogP contribution >= 0.6 is 0 Å². The Balaban J connectivity index is 2.28. The third-order valence-corrected chi connectivity index (χ3v) is 3.34. The summed E-state index contributed by atoms with van der Waals surface area (Å²) >= 11 is 0. The molecular formula is C17H18N2O7. The van der Waals surface area contributed by atoms with Crippen LogP contribution < -0.4 is 9.47 Å². The van der Waals surface area contributed by atoms with Crippen molar-refractivity contribution in [3.05, 3.63) is 45.7 Å². The van der Waals surface area contributed by atoms with E-state index in [0.717, 1.165) is 0 Å². The van der Waals surface area contributed by atoms with Crippen molar-refractivity contribution in [2.75, 3.05) is 13.2 Å². The molecule has 1 aromatic carbocycles. The summed E-state index contributed by atoms with van der Waals surface area (Å²) in [5.74, 6) is -1.40. The Morgan fingerprint density at radius 1 is 1.23 bits per heavy atom. The van der Waals surface area contributed by atoms with Gasteiger partial charge in [-0.1, -0.05) is 0 Å². The Morgan fingerprint density at radius 2 is 1.88 bits per heavy atom. The maximum atomic E-state index is 12.4. The number of rotatable bonds is 7. The SMILES string of the molecule is CCOc1ccc(C(=O)OC2=CC(C)=NC(=O)C2[N+](=O)[O-])cc1OCC. The molecule has 1 unspecified atom stereocenters. The van der Waals surface area contributed by atoms with Crippen LogP contribution in [0.2, 0.25) is 0 Å². The van der Waals surface area contributed by atoms with Crippen LogP contribution in [0.25, 0.3) is 0 Å². The summed E-state index contributed by atoms with van der Waals surface area (Å²) < 4.78 is 16.0. The zero-order valence-corrected chi connectivity index (χ0v) is 14.6. The monoisotopic (exact) mass is 362 g/mol. The van der Waals surface area contributed by atoms with E-state index in [0.29, 0.717) is 24.7 Å². The van der Waals surface area contributed by atoms with Crippen molar-refractivity contribution in [3.8, 4) is 11.5 Å². The molecule has 0 radical (unpaired) electrons. The molecule has 0 fully saturated rings. The highest BCUT2D eigenvalue weighted by Crippen LogP contribution is 2.29. The quantitative estimate of drug-likeness (QED) is 0.414. The molecule has 0 N–H and O–H groups in total. The summed E-state index contributed by atoms with van der Waals surface area (Å²) in [5.41, 5.74) is 0.324. The van der Waals surface area contributed by atoms with E-state index in [-0.39, 0.29) is 17.0 Å². The number of benzene rings is 1. The van der Waals surface area contributed by atoms with Crippen molar-refractivity contribution in [2.24, 2.45) is 4.99 Å². The molecular weight excluding hydrogens is 344 g/mol. The average molecular weight is 362 g/mol. The molecule has 0 aliphatic carbocycles. The fraction of sp³-hybridized carbons (Fsp3) is 0.353. The van der Waals surface area contributed by atoms with Gasteiger partial charge < -0.3 is 14.2 Å². The molecule has 0 aromatic heterocycles. The van der Waals surface area contributed by atoms with Crippen LogP contribution in [0, 0.1) is 10.1 Å². The van der Waals surface area contributed by atoms with Gasteiger partial charge in [0.05, 0.1) is 18.8 Å². The lowest BCUT2D eigenvalue weighted by molar-refractivity contribution is -0.501. The van der Waals surface area contributed by atoms with E-state index in [2.05, 4.69) is 4.99 Å². The van der Waals surface area contributed by atoms with Crippen LogP contribution in [0.3, 0.4) is 0 Å². The van der Waals surface area contributed by atoms with Crippen molar-refractivity contribution in [2.45, 2.75) is 26.8 Å². The molecule has 0 saturated carbocycles. The Kier molecular flexibility index (Phi) is 6.05. The molecule has 1 aliphatic rings. The first-order chi connectivity index (χ1) is 12.4. The first kappa shape index (κ1) is 19.1. The highest BCUT2D eigenvalue weighted by atomic mass is 16.6. The number of carbonyl (C=O) groups excluding carboxylic acids is 2. The maximum Gasteiger partial charge on any atom is 0.348 e. The van der Waals surface area contributed by atoms with Gasteiger partial charge in [0, 0.05) is 16.7 Å². The number of dihydropyridines is 1. The molecule has 0 bridgehead atoms. The minimum Gasteiger partial charge on any atom is -0.490 e. The third kappa shape index (κ3) is 4.24. The molecule has 9 heteroatoms. The largest absolute Gasteiger partial charge is 0.490 e. The number of allylic oxidation sites excluding steroid dienone is 1. The van der Waals surface area contributed by atoms with Gasteiger partial charge in [-0.2, -0.15) is 0 Å². The van der Waals surface area contributed by atoms with E-state index in [1.165, 1.54) is 25.1 Å². The highest BCUT2D eigenvalue weighted by Gasteiger charge is 2.39. The van der Waals surface area contributed by atoms with Gasteiger partial charge in [-0.15, -0.1) is 0 Å². The van der Waals surface area contributed by atoms with Gasteiger partial charge in [-0.05, 0) is 39.0 Å². The second-order valence-electron chi connectivity index (χ2n) is 5.24. The van der Waals surface area contributed by atoms with Crippen molar-refractivity contribution >= 4 is 17.6 Å². The number of carbonyl (C=O) groups is 2. The van der Waals surface area contributed by atoms with Crippen LogP contribution in [0.5, 0.6) is 11.5 Å². The number of nitrogens with zero attached hydrogens (tertiary/aromatic N) is 2. The number of esters is 1.